The van der Waals surface area contributed by atoms with Crippen LogP contribution in [0.1, 0.15) is 24.1 Å². The van der Waals surface area contributed by atoms with Crippen LogP contribution in [0.4, 0.5) is 0 Å². The van der Waals surface area contributed by atoms with E-state index in [2.05, 4.69) is 4.98 Å². The molecule has 0 aromatic carbocycles. The number of pyridine rings is 1. The van der Waals surface area contributed by atoms with Crippen LogP contribution in [0.2, 0.25) is 0 Å². The Kier molecular flexibility index (Phi) is 2.19. The standard InChI is InChI=1S/C10H14N2O/c1-7-4-9(13-8-2-3-8)6-12-10(7)5-11/h4,6,8H,2-3,5,11H2,1H3. The molecule has 1 heterocycles. The van der Waals surface area contributed by atoms with Gasteiger partial charge in [0, 0.05) is 6.54 Å². The summed E-state index contributed by atoms with van der Waals surface area (Å²) in [4.78, 5) is 4.23. The molecule has 0 atom stereocenters. The Morgan fingerprint density at radius 3 is 2.92 bits per heavy atom. The fourth-order valence-electron chi connectivity index (χ4n) is 1.23. The molecule has 1 aromatic heterocycles. The van der Waals surface area contributed by atoms with Gasteiger partial charge in [0.15, 0.2) is 0 Å². The minimum atomic E-state index is 0.435. The number of hydrogen-bond acceptors (Lipinski definition) is 3. The lowest BCUT2D eigenvalue weighted by Crippen LogP contribution is -2.03. The molecule has 0 amide bonds. The molecule has 1 saturated carbocycles. The molecule has 0 aliphatic heterocycles. The van der Waals surface area contributed by atoms with E-state index < -0.39 is 0 Å². The van der Waals surface area contributed by atoms with Gasteiger partial charge in [-0.25, -0.2) is 0 Å². The Bertz CT molecular complexity index is 308. The van der Waals surface area contributed by atoms with E-state index in [1.807, 2.05) is 13.0 Å². The number of nitrogens with zero attached hydrogens (tertiary/aromatic N) is 1. The van der Waals surface area contributed by atoms with Crippen LogP contribution in [-0.4, -0.2) is 11.1 Å². The van der Waals surface area contributed by atoms with Crippen LogP contribution in [0, 0.1) is 6.92 Å². The average Bonchev–Trinajstić information content (AvgIpc) is 2.89. The number of hydrogen-bond donors (Lipinski definition) is 1. The fraction of sp³-hybridized carbons (Fsp3) is 0.500. The number of rotatable bonds is 3. The number of nitrogens with two attached hydrogens (primary N) is 1. The van der Waals surface area contributed by atoms with Crippen LogP contribution in [0.25, 0.3) is 0 Å². The SMILES string of the molecule is Cc1cc(OC2CC2)cnc1CN. The van der Waals surface area contributed by atoms with Crippen molar-refractivity contribution in [3.63, 3.8) is 0 Å². The number of aryl methyl sites for hydroxylation is 1. The maximum Gasteiger partial charge on any atom is 0.138 e. The molecule has 3 heteroatoms. The molecule has 1 aromatic rings. The van der Waals surface area contributed by atoms with Crippen molar-refractivity contribution in [1.82, 2.24) is 4.98 Å². The van der Waals surface area contributed by atoms with Gasteiger partial charge < -0.3 is 10.5 Å². The molecule has 0 saturated heterocycles. The Hall–Kier alpha value is -1.09. The molecule has 1 aliphatic rings. The molecule has 0 radical (unpaired) electrons. The Balaban J connectivity index is 2.13. The van der Waals surface area contributed by atoms with Gasteiger partial charge in [-0.05, 0) is 31.4 Å². The first-order valence-corrected chi connectivity index (χ1v) is 4.62. The van der Waals surface area contributed by atoms with Gasteiger partial charge in [0.05, 0.1) is 18.0 Å². The minimum Gasteiger partial charge on any atom is -0.489 e. The van der Waals surface area contributed by atoms with E-state index in [0.717, 1.165) is 17.0 Å². The maximum absolute atomic E-state index is 5.60. The predicted molar refractivity (Wildman–Crippen MR) is 50.5 cm³/mol. The quantitative estimate of drug-likeness (QED) is 0.760. The smallest absolute Gasteiger partial charge is 0.138 e. The Morgan fingerprint density at radius 1 is 1.62 bits per heavy atom. The molecule has 13 heavy (non-hydrogen) atoms. The van der Waals surface area contributed by atoms with Gasteiger partial charge >= 0.3 is 0 Å². The second kappa shape index (κ2) is 3.34. The lowest BCUT2D eigenvalue weighted by Gasteiger charge is -2.06. The van der Waals surface area contributed by atoms with Crippen molar-refractivity contribution in [2.45, 2.75) is 32.4 Å². The first-order valence-electron chi connectivity index (χ1n) is 4.62. The van der Waals surface area contributed by atoms with Gasteiger partial charge in [-0.15, -0.1) is 0 Å². The van der Waals surface area contributed by atoms with Crippen molar-refractivity contribution in [2.24, 2.45) is 5.73 Å². The molecular weight excluding hydrogens is 164 g/mol. The van der Waals surface area contributed by atoms with Crippen molar-refractivity contribution < 1.29 is 4.74 Å². The summed E-state index contributed by atoms with van der Waals surface area (Å²) in [6, 6.07) is 2.01. The van der Waals surface area contributed by atoms with Gasteiger partial charge in [-0.1, -0.05) is 0 Å². The Labute approximate surface area is 77.9 Å². The van der Waals surface area contributed by atoms with Crippen molar-refractivity contribution >= 4 is 0 Å². The second-order valence-electron chi connectivity index (χ2n) is 3.46. The highest BCUT2D eigenvalue weighted by Gasteiger charge is 2.23. The van der Waals surface area contributed by atoms with Gasteiger partial charge in [0.2, 0.25) is 0 Å². The molecule has 2 rings (SSSR count). The average molecular weight is 178 g/mol. The van der Waals surface area contributed by atoms with Crippen molar-refractivity contribution in [1.29, 1.82) is 0 Å². The summed E-state index contributed by atoms with van der Waals surface area (Å²) in [5.74, 6) is 0.872. The maximum atomic E-state index is 5.60. The van der Waals surface area contributed by atoms with Crippen molar-refractivity contribution in [3.05, 3.63) is 23.5 Å². The predicted octanol–water partition coefficient (Wildman–Crippen LogP) is 1.39. The largest absolute Gasteiger partial charge is 0.489 e. The summed E-state index contributed by atoms with van der Waals surface area (Å²) in [6.45, 7) is 2.50. The first kappa shape index (κ1) is 8.51. The highest BCUT2D eigenvalue weighted by atomic mass is 16.5. The van der Waals surface area contributed by atoms with E-state index in [1.54, 1.807) is 6.20 Å². The van der Waals surface area contributed by atoms with E-state index >= 15 is 0 Å². The number of aromatic nitrogens is 1. The van der Waals surface area contributed by atoms with Crippen LogP contribution in [0.3, 0.4) is 0 Å². The monoisotopic (exact) mass is 178 g/mol. The zero-order valence-corrected chi connectivity index (χ0v) is 7.79. The zero-order chi connectivity index (χ0) is 9.26. The van der Waals surface area contributed by atoms with Gasteiger partial charge in [0.1, 0.15) is 5.75 Å². The molecular formula is C10H14N2O. The highest BCUT2D eigenvalue weighted by molar-refractivity contribution is 5.28. The summed E-state index contributed by atoms with van der Waals surface area (Å²) >= 11 is 0. The van der Waals surface area contributed by atoms with E-state index in [-0.39, 0.29) is 0 Å². The molecule has 2 N–H and O–H groups in total. The molecule has 0 unspecified atom stereocenters. The second-order valence-corrected chi connectivity index (χ2v) is 3.46. The van der Waals surface area contributed by atoms with E-state index in [1.165, 1.54) is 12.8 Å². The lowest BCUT2D eigenvalue weighted by molar-refractivity contribution is 0.301. The van der Waals surface area contributed by atoms with Crippen LogP contribution in [0.15, 0.2) is 12.3 Å². The third-order valence-corrected chi connectivity index (χ3v) is 2.18. The molecule has 1 aliphatic carbocycles. The molecule has 3 nitrogen and oxygen atoms in total. The molecule has 0 spiro atoms. The summed E-state index contributed by atoms with van der Waals surface area (Å²) in [5, 5.41) is 0. The minimum absolute atomic E-state index is 0.435. The lowest BCUT2D eigenvalue weighted by atomic mass is 10.2. The number of ether oxygens (including phenoxy) is 1. The van der Waals surface area contributed by atoms with E-state index in [9.17, 15) is 0 Å². The van der Waals surface area contributed by atoms with E-state index in [0.29, 0.717) is 12.6 Å². The summed E-state index contributed by atoms with van der Waals surface area (Å²) < 4.78 is 5.60. The zero-order valence-electron chi connectivity index (χ0n) is 7.79. The Morgan fingerprint density at radius 2 is 2.38 bits per heavy atom. The van der Waals surface area contributed by atoms with Gasteiger partial charge in [-0.3, -0.25) is 4.98 Å². The van der Waals surface area contributed by atoms with Crippen LogP contribution in [-0.2, 0) is 6.54 Å². The molecule has 0 bridgehead atoms. The molecule has 70 valence electrons. The highest BCUT2D eigenvalue weighted by Crippen LogP contribution is 2.26. The summed E-state index contributed by atoms with van der Waals surface area (Å²) in [7, 11) is 0. The first-order chi connectivity index (χ1) is 6.29. The summed E-state index contributed by atoms with van der Waals surface area (Å²) in [6.07, 6.45) is 4.55. The van der Waals surface area contributed by atoms with Crippen LogP contribution < -0.4 is 10.5 Å². The van der Waals surface area contributed by atoms with E-state index in [4.69, 9.17) is 10.5 Å². The molecule has 1 fully saturated rings. The van der Waals surface area contributed by atoms with Crippen LogP contribution >= 0.6 is 0 Å². The van der Waals surface area contributed by atoms with Crippen LogP contribution in [0.5, 0.6) is 5.75 Å². The van der Waals surface area contributed by atoms with Crippen molar-refractivity contribution in [3.8, 4) is 5.75 Å². The van der Waals surface area contributed by atoms with Gasteiger partial charge in [0.25, 0.3) is 0 Å². The third-order valence-electron chi connectivity index (χ3n) is 2.18. The topological polar surface area (TPSA) is 48.1 Å². The van der Waals surface area contributed by atoms with Crippen molar-refractivity contribution in [2.75, 3.05) is 0 Å². The fourth-order valence-corrected chi connectivity index (χ4v) is 1.23. The van der Waals surface area contributed by atoms with Gasteiger partial charge in [-0.2, -0.15) is 0 Å². The third kappa shape index (κ3) is 1.98. The summed E-state index contributed by atoms with van der Waals surface area (Å²) in [5.41, 5.74) is 7.57. The normalized spacial score (nSPS) is 15.8.